The molecular formula is C13H17BrN4O2S. The Hall–Kier alpha value is -1.25. The van der Waals surface area contributed by atoms with Crippen LogP contribution in [-0.2, 0) is 15.6 Å². The Bertz CT molecular complexity index is 791. The maximum Gasteiger partial charge on any atom is 0.273 e. The minimum atomic E-state index is -3.94. The number of aromatic nitrogens is 3. The minimum absolute atomic E-state index is 0.231. The highest BCUT2D eigenvalue weighted by Gasteiger charge is 2.29. The Morgan fingerprint density at radius 3 is 2.33 bits per heavy atom. The molecule has 21 heavy (non-hydrogen) atoms. The lowest BCUT2D eigenvalue weighted by Crippen LogP contribution is -2.29. The molecule has 6 nitrogen and oxygen atoms in total. The van der Waals surface area contributed by atoms with Gasteiger partial charge in [-0.3, -0.25) is 4.57 Å². The van der Waals surface area contributed by atoms with E-state index in [2.05, 4.69) is 26.1 Å². The largest absolute Gasteiger partial charge is 0.291 e. The molecule has 0 bridgehead atoms. The second-order valence-electron chi connectivity index (χ2n) is 5.82. The van der Waals surface area contributed by atoms with Crippen LogP contribution in [0.15, 0.2) is 27.8 Å². The summed E-state index contributed by atoms with van der Waals surface area (Å²) in [7, 11) is -3.94. The summed E-state index contributed by atoms with van der Waals surface area (Å²) in [5, 5.41) is 12.8. The van der Waals surface area contributed by atoms with E-state index in [4.69, 9.17) is 5.14 Å². The summed E-state index contributed by atoms with van der Waals surface area (Å²) in [6, 6.07) is 5.67. The van der Waals surface area contributed by atoms with Gasteiger partial charge in [-0.05, 0) is 45.4 Å². The van der Waals surface area contributed by atoms with Gasteiger partial charge in [-0.25, -0.2) is 13.6 Å². The van der Waals surface area contributed by atoms with Crippen molar-refractivity contribution >= 4 is 26.0 Å². The Kier molecular flexibility index (Phi) is 3.98. The third kappa shape index (κ3) is 3.17. The van der Waals surface area contributed by atoms with E-state index in [0.29, 0.717) is 5.82 Å². The van der Waals surface area contributed by atoms with E-state index < -0.39 is 15.6 Å². The van der Waals surface area contributed by atoms with Crippen molar-refractivity contribution in [3.05, 3.63) is 28.2 Å². The predicted molar refractivity (Wildman–Crippen MR) is 84.3 cm³/mol. The lowest BCUT2D eigenvalue weighted by atomic mass is 10.1. The van der Waals surface area contributed by atoms with E-state index in [1.807, 2.05) is 45.9 Å². The van der Waals surface area contributed by atoms with Gasteiger partial charge in [0.25, 0.3) is 15.2 Å². The van der Waals surface area contributed by atoms with Gasteiger partial charge in [0, 0.05) is 15.6 Å². The number of rotatable bonds is 2. The van der Waals surface area contributed by atoms with Crippen LogP contribution in [0.25, 0.3) is 11.4 Å². The van der Waals surface area contributed by atoms with Gasteiger partial charge in [0.2, 0.25) is 0 Å². The average Bonchev–Trinajstić information content (AvgIpc) is 2.76. The topological polar surface area (TPSA) is 90.9 Å². The Morgan fingerprint density at radius 1 is 1.24 bits per heavy atom. The van der Waals surface area contributed by atoms with Gasteiger partial charge in [-0.1, -0.05) is 22.0 Å². The molecule has 0 amide bonds. The van der Waals surface area contributed by atoms with Crippen molar-refractivity contribution in [1.82, 2.24) is 14.8 Å². The van der Waals surface area contributed by atoms with Crippen LogP contribution in [0.3, 0.4) is 0 Å². The number of benzene rings is 1. The van der Waals surface area contributed by atoms with E-state index in [-0.39, 0.29) is 5.16 Å². The van der Waals surface area contributed by atoms with Crippen LogP contribution in [0.4, 0.5) is 0 Å². The van der Waals surface area contributed by atoms with E-state index in [1.165, 1.54) is 0 Å². The first-order valence-corrected chi connectivity index (χ1v) is 8.61. The van der Waals surface area contributed by atoms with Crippen molar-refractivity contribution in [3.8, 4) is 11.4 Å². The minimum Gasteiger partial charge on any atom is -0.291 e. The van der Waals surface area contributed by atoms with Crippen LogP contribution in [0.1, 0.15) is 26.3 Å². The van der Waals surface area contributed by atoms with Crippen molar-refractivity contribution in [2.75, 3.05) is 0 Å². The highest BCUT2D eigenvalue weighted by Crippen LogP contribution is 2.29. The van der Waals surface area contributed by atoms with Gasteiger partial charge >= 0.3 is 0 Å². The van der Waals surface area contributed by atoms with Crippen LogP contribution in [0.5, 0.6) is 0 Å². The quantitative estimate of drug-likeness (QED) is 0.875. The molecule has 1 heterocycles. The van der Waals surface area contributed by atoms with Crippen molar-refractivity contribution in [3.63, 3.8) is 0 Å². The normalized spacial score (nSPS) is 12.7. The molecule has 0 unspecified atom stereocenters. The maximum absolute atomic E-state index is 11.7. The van der Waals surface area contributed by atoms with Crippen molar-refractivity contribution < 1.29 is 8.42 Å². The zero-order chi connectivity index (χ0) is 16.0. The second kappa shape index (κ2) is 5.19. The summed E-state index contributed by atoms with van der Waals surface area (Å²) in [5.74, 6) is 0.474. The zero-order valence-electron chi connectivity index (χ0n) is 12.3. The number of aryl methyl sites for hydroxylation is 1. The molecular weight excluding hydrogens is 356 g/mol. The molecule has 0 radical (unpaired) electrons. The zero-order valence-corrected chi connectivity index (χ0v) is 14.7. The van der Waals surface area contributed by atoms with Crippen molar-refractivity contribution in [2.45, 2.75) is 38.4 Å². The second-order valence-corrected chi connectivity index (χ2v) is 8.13. The predicted octanol–water partition coefficient (Wildman–Crippen LogP) is 2.42. The Labute approximate surface area is 132 Å². The van der Waals surface area contributed by atoms with Crippen LogP contribution in [0.2, 0.25) is 0 Å². The molecule has 0 aliphatic heterocycles. The standard InChI is InChI=1S/C13H17BrN4O2S/c1-8-7-9(5-6-10(8)14)11-16-17-12(21(15,19)20)18(11)13(2,3)4/h5-7H,1-4H3,(H2,15,19,20). The van der Waals surface area contributed by atoms with Crippen LogP contribution in [0, 0.1) is 6.92 Å². The van der Waals surface area contributed by atoms with Crippen molar-refractivity contribution in [1.29, 1.82) is 0 Å². The number of nitrogens with two attached hydrogens (primary N) is 1. The van der Waals surface area contributed by atoms with Gasteiger partial charge in [0.1, 0.15) is 0 Å². The number of nitrogens with zero attached hydrogens (tertiary/aromatic N) is 3. The molecule has 2 N–H and O–H groups in total. The molecule has 8 heteroatoms. The number of hydrogen-bond donors (Lipinski definition) is 1. The van der Waals surface area contributed by atoms with Gasteiger partial charge in [0.15, 0.2) is 5.82 Å². The fraction of sp³-hybridized carbons (Fsp3) is 0.385. The lowest BCUT2D eigenvalue weighted by molar-refractivity contribution is 0.366. The average molecular weight is 373 g/mol. The molecule has 0 atom stereocenters. The van der Waals surface area contributed by atoms with Crippen molar-refractivity contribution in [2.24, 2.45) is 5.14 Å². The molecule has 0 aliphatic rings. The van der Waals surface area contributed by atoms with E-state index in [1.54, 1.807) is 4.57 Å². The summed E-state index contributed by atoms with van der Waals surface area (Å²) in [6.45, 7) is 7.58. The number of sulfonamides is 1. The number of primary sulfonamides is 1. The van der Waals surface area contributed by atoms with Gasteiger partial charge in [-0.2, -0.15) is 0 Å². The molecule has 0 spiro atoms. The molecule has 0 saturated carbocycles. The summed E-state index contributed by atoms with van der Waals surface area (Å²) < 4.78 is 25.9. The van der Waals surface area contributed by atoms with Gasteiger partial charge < -0.3 is 0 Å². The fourth-order valence-corrected chi connectivity index (χ4v) is 3.05. The van der Waals surface area contributed by atoms with Crippen LogP contribution >= 0.6 is 15.9 Å². The first-order chi connectivity index (χ1) is 9.51. The molecule has 114 valence electrons. The third-order valence-corrected chi connectivity index (χ3v) is 4.64. The third-order valence-electron chi connectivity index (χ3n) is 2.97. The highest BCUT2D eigenvalue weighted by atomic mass is 79.9. The Balaban J connectivity index is 2.76. The highest BCUT2D eigenvalue weighted by molar-refractivity contribution is 9.10. The smallest absolute Gasteiger partial charge is 0.273 e. The maximum atomic E-state index is 11.7. The molecule has 1 aromatic carbocycles. The fourth-order valence-electron chi connectivity index (χ4n) is 2.03. The monoisotopic (exact) mass is 372 g/mol. The molecule has 0 saturated heterocycles. The summed E-state index contributed by atoms with van der Waals surface area (Å²) in [5.41, 5.74) is 1.28. The number of hydrogen-bond acceptors (Lipinski definition) is 4. The Morgan fingerprint density at radius 2 is 1.86 bits per heavy atom. The molecule has 0 aliphatic carbocycles. The van der Waals surface area contributed by atoms with E-state index >= 15 is 0 Å². The number of halogens is 1. The van der Waals surface area contributed by atoms with E-state index in [9.17, 15) is 8.42 Å². The summed E-state index contributed by atoms with van der Waals surface area (Å²) >= 11 is 3.44. The molecule has 2 rings (SSSR count). The summed E-state index contributed by atoms with van der Waals surface area (Å²) in [6.07, 6.45) is 0. The first kappa shape index (κ1) is 16.1. The van der Waals surface area contributed by atoms with E-state index in [0.717, 1.165) is 15.6 Å². The molecule has 1 aromatic heterocycles. The van der Waals surface area contributed by atoms with Crippen LogP contribution in [-0.4, -0.2) is 23.2 Å². The van der Waals surface area contributed by atoms with Gasteiger partial charge in [0.05, 0.1) is 0 Å². The summed E-state index contributed by atoms with van der Waals surface area (Å²) in [4.78, 5) is 0. The SMILES string of the molecule is Cc1cc(-c2nnc(S(N)(=O)=O)n2C(C)(C)C)ccc1Br. The first-order valence-electron chi connectivity index (χ1n) is 6.27. The van der Waals surface area contributed by atoms with Gasteiger partial charge in [-0.15, -0.1) is 10.2 Å². The van der Waals surface area contributed by atoms with Crippen LogP contribution < -0.4 is 5.14 Å². The lowest BCUT2D eigenvalue weighted by Gasteiger charge is -2.24. The molecule has 0 fully saturated rings. The molecule has 2 aromatic rings.